The van der Waals surface area contributed by atoms with Crippen LogP contribution in [0.4, 0.5) is 28.9 Å². The molecular formula is C31H33F4N3O3S. The highest BCUT2D eigenvalue weighted by Crippen LogP contribution is 2.30. The molecule has 0 radical (unpaired) electrons. The standard InChI is InChI=1S/C31H33F4N3O3S/c1-4-23(7-5-9-28-20-26(16-18-36-28)31(33,34)35)21-38(30(39)22(2)15-17-32)29-10-6-8-25(19-29)24-11-13-27(14-12-24)37-42(3,40)41/h4,6,8,10-14,16,18-20,23,37H,1-2,5,7,9,15,17,21H2,3H3. The van der Waals surface area contributed by atoms with E-state index in [1.54, 1.807) is 48.5 Å². The van der Waals surface area contributed by atoms with Gasteiger partial charge in [0.2, 0.25) is 10.0 Å². The number of hydrogen-bond acceptors (Lipinski definition) is 4. The number of alkyl halides is 4. The van der Waals surface area contributed by atoms with Crippen molar-refractivity contribution in [2.45, 2.75) is 31.9 Å². The zero-order valence-corrected chi connectivity index (χ0v) is 24.0. The number of nitrogens with one attached hydrogen (secondary N) is 1. The summed E-state index contributed by atoms with van der Waals surface area (Å²) in [6.07, 6.45) is 0.666. The Morgan fingerprint density at radius 3 is 2.43 bits per heavy atom. The molecule has 3 aromatic rings. The van der Waals surface area contributed by atoms with Crippen molar-refractivity contribution in [3.8, 4) is 11.1 Å². The van der Waals surface area contributed by atoms with Crippen LogP contribution < -0.4 is 9.62 Å². The minimum absolute atomic E-state index is 0.107. The number of nitrogens with zero attached hydrogens (tertiary/aromatic N) is 2. The predicted octanol–water partition coefficient (Wildman–Crippen LogP) is 7.21. The van der Waals surface area contributed by atoms with E-state index in [1.807, 2.05) is 6.07 Å². The van der Waals surface area contributed by atoms with Gasteiger partial charge in [-0.3, -0.25) is 18.9 Å². The smallest absolute Gasteiger partial charge is 0.308 e. The van der Waals surface area contributed by atoms with Gasteiger partial charge in [-0.2, -0.15) is 13.2 Å². The highest BCUT2D eigenvalue weighted by molar-refractivity contribution is 7.92. The lowest BCUT2D eigenvalue weighted by Crippen LogP contribution is -2.36. The number of sulfonamides is 1. The molecule has 0 aliphatic heterocycles. The molecule has 11 heteroatoms. The molecule has 1 aromatic heterocycles. The molecule has 0 aliphatic rings. The van der Waals surface area contributed by atoms with Crippen LogP contribution >= 0.6 is 0 Å². The van der Waals surface area contributed by atoms with Crippen molar-refractivity contribution in [2.75, 3.05) is 29.1 Å². The molecule has 1 N–H and O–H groups in total. The second kappa shape index (κ2) is 14.3. The zero-order valence-electron chi connectivity index (χ0n) is 23.2. The first-order valence-corrected chi connectivity index (χ1v) is 15.1. The van der Waals surface area contributed by atoms with Crippen molar-refractivity contribution < 1.29 is 30.8 Å². The summed E-state index contributed by atoms with van der Waals surface area (Å²) < 4.78 is 77.7. The van der Waals surface area contributed by atoms with Crippen LogP contribution in [-0.4, -0.2) is 38.8 Å². The number of carbonyl (C=O) groups is 1. The van der Waals surface area contributed by atoms with E-state index < -0.39 is 34.3 Å². The molecule has 1 heterocycles. The third-order valence-corrected chi connectivity index (χ3v) is 7.13. The maximum atomic E-state index is 13.4. The number of aryl methyl sites for hydroxylation is 1. The van der Waals surface area contributed by atoms with Crippen molar-refractivity contribution in [2.24, 2.45) is 5.92 Å². The monoisotopic (exact) mass is 603 g/mol. The first-order chi connectivity index (χ1) is 19.8. The van der Waals surface area contributed by atoms with Gasteiger partial charge in [-0.25, -0.2) is 8.42 Å². The maximum Gasteiger partial charge on any atom is 0.416 e. The summed E-state index contributed by atoms with van der Waals surface area (Å²) in [4.78, 5) is 18.9. The molecule has 1 amide bonds. The van der Waals surface area contributed by atoms with Gasteiger partial charge in [0, 0.05) is 41.8 Å². The topological polar surface area (TPSA) is 79.4 Å². The van der Waals surface area contributed by atoms with Crippen LogP contribution in [0.3, 0.4) is 0 Å². The van der Waals surface area contributed by atoms with Crippen molar-refractivity contribution >= 4 is 27.3 Å². The summed E-state index contributed by atoms with van der Waals surface area (Å²) in [6, 6.07) is 15.9. The van der Waals surface area contributed by atoms with Crippen LogP contribution in [0.25, 0.3) is 11.1 Å². The van der Waals surface area contributed by atoms with Crippen molar-refractivity contribution in [1.29, 1.82) is 0 Å². The Labute approximate surface area is 243 Å². The zero-order chi connectivity index (χ0) is 30.9. The summed E-state index contributed by atoms with van der Waals surface area (Å²) in [5.41, 5.74) is 2.17. The number of pyridine rings is 1. The van der Waals surface area contributed by atoms with E-state index in [0.717, 1.165) is 35.7 Å². The molecule has 0 fully saturated rings. The molecule has 42 heavy (non-hydrogen) atoms. The van der Waals surface area contributed by atoms with Crippen LogP contribution in [-0.2, 0) is 27.4 Å². The van der Waals surface area contributed by atoms with Gasteiger partial charge in [-0.15, -0.1) is 6.58 Å². The number of benzene rings is 2. The number of anilines is 2. The molecule has 0 bridgehead atoms. The molecular weight excluding hydrogens is 570 g/mol. The van der Waals surface area contributed by atoms with Gasteiger partial charge in [0.15, 0.2) is 0 Å². The third-order valence-electron chi connectivity index (χ3n) is 6.53. The molecule has 0 aliphatic carbocycles. The Morgan fingerprint density at radius 1 is 1.10 bits per heavy atom. The van der Waals surface area contributed by atoms with Gasteiger partial charge in [-0.1, -0.05) is 36.9 Å². The quantitative estimate of drug-likeness (QED) is 0.120. The fourth-order valence-electron chi connectivity index (χ4n) is 4.37. The third kappa shape index (κ3) is 9.54. The Kier molecular flexibility index (Phi) is 11.0. The number of carbonyl (C=O) groups excluding carboxylic acids is 1. The minimum Gasteiger partial charge on any atom is -0.308 e. The van der Waals surface area contributed by atoms with E-state index in [0.29, 0.717) is 36.3 Å². The van der Waals surface area contributed by atoms with Crippen molar-refractivity contribution in [3.63, 3.8) is 0 Å². The van der Waals surface area contributed by atoms with E-state index in [2.05, 4.69) is 22.9 Å². The van der Waals surface area contributed by atoms with Crippen LogP contribution in [0, 0.1) is 5.92 Å². The molecule has 3 rings (SSSR count). The minimum atomic E-state index is -4.45. The van der Waals surface area contributed by atoms with Gasteiger partial charge in [0.05, 0.1) is 18.5 Å². The lowest BCUT2D eigenvalue weighted by Gasteiger charge is -2.28. The van der Waals surface area contributed by atoms with Gasteiger partial charge < -0.3 is 4.90 Å². The van der Waals surface area contributed by atoms with Gasteiger partial charge in [0.1, 0.15) is 0 Å². The number of amides is 1. The second-order valence-electron chi connectivity index (χ2n) is 9.88. The lowest BCUT2D eigenvalue weighted by atomic mass is 9.98. The predicted molar refractivity (Wildman–Crippen MR) is 158 cm³/mol. The summed E-state index contributed by atoms with van der Waals surface area (Å²) in [5.74, 6) is -0.660. The second-order valence-corrected chi connectivity index (χ2v) is 11.6. The molecule has 1 atom stereocenters. The van der Waals surface area contributed by atoms with Gasteiger partial charge in [0.25, 0.3) is 5.91 Å². The first-order valence-electron chi connectivity index (χ1n) is 13.2. The summed E-state index contributed by atoms with van der Waals surface area (Å²) in [5, 5.41) is 0. The number of rotatable bonds is 14. The molecule has 0 saturated heterocycles. The van der Waals surface area contributed by atoms with Crippen molar-refractivity contribution in [1.82, 2.24) is 4.98 Å². The molecule has 1 unspecified atom stereocenters. The Balaban J connectivity index is 1.80. The van der Waals surface area contributed by atoms with Crippen LogP contribution in [0.1, 0.15) is 30.5 Å². The van der Waals surface area contributed by atoms with E-state index in [4.69, 9.17) is 0 Å². The number of halogens is 4. The fraction of sp³-hybridized carbons (Fsp3) is 0.290. The van der Waals surface area contributed by atoms with Crippen LogP contribution in [0.15, 0.2) is 91.7 Å². The van der Waals surface area contributed by atoms with Crippen LogP contribution in [0.5, 0.6) is 0 Å². The largest absolute Gasteiger partial charge is 0.416 e. The Bertz CT molecular complexity index is 1510. The number of aromatic nitrogens is 1. The Morgan fingerprint density at radius 2 is 1.81 bits per heavy atom. The average molecular weight is 604 g/mol. The van der Waals surface area contributed by atoms with Gasteiger partial charge >= 0.3 is 6.18 Å². The summed E-state index contributed by atoms with van der Waals surface area (Å²) >= 11 is 0. The number of hydrogen-bond donors (Lipinski definition) is 1. The molecule has 224 valence electrons. The van der Waals surface area contributed by atoms with Crippen LogP contribution in [0.2, 0.25) is 0 Å². The summed E-state index contributed by atoms with van der Waals surface area (Å²) in [7, 11) is -3.43. The SMILES string of the molecule is C=CC(CCCc1cc(C(F)(F)F)ccn1)CN(C(=O)C(=C)CCF)c1cccc(-c2ccc(NS(C)(=O)=O)cc2)c1. The highest BCUT2D eigenvalue weighted by atomic mass is 32.2. The molecule has 0 spiro atoms. The van der Waals surface area contributed by atoms with E-state index in [1.165, 1.54) is 4.90 Å². The molecule has 6 nitrogen and oxygen atoms in total. The maximum absolute atomic E-state index is 13.4. The summed E-state index contributed by atoms with van der Waals surface area (Å²) in [6.45, 7) is 7.11. The molecule has 0 saturated carbocycles. The van der Waals surface area contributed by atoms with E-state index in [9.17, 15) is 30.8 Å². The van der Waals surface area contributed by atoms with E-state index >= 15 is 0 Å². The average Bonchev–Trinajstić information content (AvgIpc) is 2.94. The highest BCUT2D eigenvalue weighted by Gasteiger charge is 2.30. The van der Waals surface area contributed by atoms with Crippen molar-refractivity contribution in [3.05, 3.63) is 103 Å². The Hall–Kier alpha value is -3.99. The normalized spacial score (nSPS) is 12.4. The fourth-order valence-corrected chi connectivity index (χ4v) is 4.93. The molecule has 2 aromatic carbocycles. The lowest BCUT2D eigenvalue weighted by molar-refractivity contribution is -0.137. The van der Waals surface area contributed by atoms with Gasteiger partial charge in [-0.05, 0) is 72.7 Å². The van der Waals surface area contributed by atoms with E-state index in [-0.39, 0.29) is 24.5 Å². The first kappa shape index (κ1) is 32.5.